The van der Waals surface area contributed by atoms with E-state index in [1.807, 2.05) is 0 Å². The van der Waals surface area contributed by atoms with Gasteiger partial charge in [0.05, 0.1) is 11.0 Å². The molecule has 1 heterocycles. The molecule has 2 aromatic rings. The average Bonchev–Trinajstić information content (AvgIpc) is 3.16. The minimum atomic E-state index is 0.449. The molecular weight excluding hydrogens is 234 g/mol. The lowest BCUT2D eigenvalue weighted by Gasteiger charge is -2.17. The molecule has 0 amide bonds. The standard InChI is InChI=1S/C16H23N3/c1-10(2)19-15-7-4-12(9-17)8-14(15)18-16(19)11(3)13-5-6-13/h4,7-8,10-11,13H,5-6,9,17H2,1-3H3. The molecule has 1 aromatic carbocycles. The van der Waals surface area contributed by atoms with Gasteiger partial charge in [-0.3, -0.25) is 0 Å². The van der Waals surface area contributed by atoms with Gasteiger partial charge in [0.1, 0.15) is 5.82 Å². The fraction of sp³-hybridized carbons (Fsp3) is 0.562. The third-order valence-corrected chi connectivity index (χ3v) is 4.27. The summed E-state index contributed by atoms with van der Waals surface area (Å²) in [5.74, 6) is 2.65. The van der Waals surface area contributed by atoms with Crippen molar-refractivity contribution < 1.29 is 0 Å². The number of rotatable bonds is 4. The van der Waals surface area contributed by atoms with Crippen LogP contribution in [0.5, 0.6) is 0 Å². The topological polar surface area (TPSA) is 43.8 Å². The number of fused-ring (bicyclic) bond motifs is 1. The molecule has 0 aliphatic heterocycles. The first kappa shape index (κ1) is 12.7. The summed E-state index contributed by atoms with van der Waals surface area (Å²) in [4.78, 5) is 4.91. The zero-order valence-corrected chi connectivity index (χ0v) is 12.1. The number of imidazole rings is 1. The van der Waals surface area contributed by atoms with E-state index in [2.05, 4.69) is 43.5 Å². The highest BCUT2D eigenvalue weighted by atomic mass is 15.1. The molecule has 1 aliphatic carbocycles. The molecule has 1 unspecified atom stereocenters. The Hall–Kier alpha value is -1.35. The second-order valence-electron chi connectivity index (χ2n) is 6.09. The maximum absolute atomic E-state index is 5.73. The quantitative estimate of drug-likeness (QED) is 0.909. The van der Waals surface area contributed by atoms with E-state index in [4.69, 9.17) is 10.7 Å². The lowest BCUT2D eigenvalue weighted by atomic mass is 10.1. The highest BCUT2D eigenvalue weighted by Crippen LogP contribution is 2.43. The molecule has 3 rings (SSSR count). The summed E-state index contributed by atoms with van der Waals surface area (Å²) in [6.07, 6.45) is 2.72. The molecule has 0 spiro atoms. The lowest BCUT2D eigenvalue weighted by Crippen LogP contribution is -2.10. The molecule has 0 saturated heterocycles. The Balaban J connectivity index is 2.16. The smallest absolute Gasteiger partial charge is 0.113 e. The third kappa shape index (κ3) is 2.16. The van der Waals surface area contributed by atoms with E-state index >= 15 is 0 Å². The maximum atomic E-state index is 5.73. The monoisotopic (exact) mass is 257 g/mol. The minimum absolute atomic E-state index is 0.449. The summed E-state index contributed by atoms with van der Waals surface area (Å²) in [5, 5.41) is 0. The maximum Gasteiger partial charge on any atom is 0.113 e. The van der Waals surface area contributed by atoms with Gasteiger partial charge in [-0.15, -0.1) is 0 Å². The zero-order valence-electron chi connectivity index (χ0n) is 12.1. The van der Waals surface area contributed by atoms with Crippen molar-refractivity contribution in [3.63, 3.8) is 0 Å². The Bertz CT molecular complexity index is 593. The Morgan fingerprint density at radius 2 is 2.05 bits per heavy atom. The van der Waals surface area contributed by atoms with E-state index < -0.39 is 0 Å². The molecule has 3 heteroatoms. The molecule has 1 aliphatic rings. The van der Waals surface area contributed by atoms with Crippen LogP contribution in [0.2, 0.25) is 0 Å². The van der Waals surface area contributed by atoms with Crippen molar-refractivity contribution in [3.8, 4) is 0 Å². The molecule has 1 saturated carbocycles. The van der Waals surface area contributed by atoms with Crippen LogP contribution in [0.1, 0.15) is 57.0 Å². The second-order valence-corrected chi connectivity index (χ2v) is 6.09. The van der Waals surface area contributed by atoms with Crippen LogP contribution in [-0.2, 0) is 6.54 Å². The molecule has 1 fully saturated rings. The van der Waals surface area contributed by atoms with Crippen LogP contribution in [-0.4, -0.2) is 9.55 Å². The molecule has 19 heavy (non-hydrogen) atoms. The Morgan fingerprint density at radius 1 is 1.32 bits per heavy atom. The van der Waals surface area contributed by atoms with Gasteiger partial charge < -0.3 is 10.3 Å². The fourth-order valence-electron chi connectivity index (χ4n) is 2.96. The molecule has 102 valence electrons. The van der Waals surface area contributed by atoms with Gasteiger partial charge in [0, 0.05) is 18.5 Å². The van der Waals surface area contributed by atoms with Gasteiger partial charge >= 0.3 is 0 Å². The zero-order chi connectivity index (χ0) is 13.6. The number of benzene rings is 1. The molecule has 0 radical (unpaired) electrons. The Kier molecular flexibility index (Phi) is 3.09. The molecule has 3 nitrogen and oxygen atoms in total. The third-order valence-electron chi connectivity index (χ3n) is 4.27. The summed E-state index contributed by atoms with van der Waals surface area (Å²) in [6.45, 7) is 7.38. The van der Waals surface area contributed by atoms with Crippen molar-refractivity contribution in [2.75, 3.05) is 0 Å². The molecule has 0 bridgehead atoms. The van der Waals surface area contributed by atoms with Crippen LogP contribution in [0, 0.1) is 5.92 Å². The van der Waals surface area contributed by atoms with Crippen molar-refractivity contribution in [3.05, 3.63) is 29.6 Å². The van der Waals surface area contributed by atoms with Crippen molar-refractivity contribution in [1.82, 2.24) is 9.55 Å². The van der Waals surface area contributed by atoms with Gasteiger partial charge in [-0.2, -0.15) is 0 Å². The van der Waals surface area contributed by atoms with Crippen LogP contribution in [0.15, 0.2) is 18.2 Å². The predicted molar refractivity (Wildman–Crippen MR) is 79.1 cm³/mol. The summed E-state index contributed by atoms with van der Waals surface area (Å²) in [5.41, 5.74) is 9.23. The summed E-state index contributed by atoms with van der Waals surface area (Å²) in [7, 11) is 0. The van der Waals surface area contributed by atoms with Gasteiger partial charge in [-0.1, -0.05) is 13.0 Å². The van der Waals surface area contributed by atoms with Crippen LogP contribution >= 0.6 is 0 Å². The highest BCUT2D eigenvalue weighted by molar-refractivity contribution is 5.77. The Labute approximate surface area is 114 Å². The van der Waals surface area contributed by atoms with Crippen molar-refractivity contribution in [2.24, 2.45) is 11.7 Å². The first-order chi connectivity index (χ1) is 9.11. The van der Waals surface area contributed by atoms with Crippen molar-refractivity contribution >= 4 is 11.0 Å². The van der Waals surface area contributed by atoms with E-state index in [1.54, 1.807) is 0 Å². The summed E-state index contributed by atoms with van der Waals surface area (Å²) >= 11 is 0. The number of nitrogens with zero attached hydrogens (tertiary/aromatic N) is 2. The van der Waals surface area contributed by atoms with Gasteiger partial charge in [-0.05, 0) is 50.3 Å². The van der Waals surface area contributed by atoms with E-state index in [-0.39, 0.29) is 0 Å². The molecule has 1 aromatic heterocycles. The van der Waals surface area contributed by atoms with Gasteiger partial charge in [0.15, 0.2) is 0 Å². The van der Waals surface area contributed by atoms with Crippen molar-refractivity contribution in [2.45, 2.75) is 52.1 Å². The molecule has 1 atom stereocenters. The van der Waals surface area contributed by atoms with Gasteiger partial charge in [0.2, 0.25) is 0 Å². The fourth-order valence-corrected chi connectivity index (χ4v) is 2.96. The Morgan fingerprint density at radius 3 is 2.63 bits per heavy atom. The largest absolute Gasteiger partial charge is 0.326 e. The molecular formula is C16H23N3. The van der Waals surface area contributed by atoms with E-state index in [9.17, 15) is 0 Å². The summed E-state index contributed by atoms with van der Waals surface area (Å²) < 4.78 is 2.40. The van der Waals surface area contributed by atoms with Gasteiger partial charge in [0.25, 0.3) is 0 Å². The predicted octanol–water partition coefficient (Wildman–Crippen LogP) is 3.59. The number of aromatic nitrogens is 2. The minimum Gasteiger partial charge on any atom is -0.326 e. The van der Waals surface area contributed by atoms with E-state index in [0.29, 0.717) is 18.5 Å². The normalized spacial score (nSPS) is 17.3. The number of hydrogen-bond donors (Lipinski definition) is 1. The number of hydrogen-bond acceptors (Lipinski definition) is 2. The van der Waals surface area contributed by atoms with Crippen LogP contribution < -0.4 is 5.73 Å². The first-order valence-electron chi connectivity index (χ1n) is 7.32. The van der Waals surface area contributed by atoms with Crippen LogP contribution in [0.4, 0.5) is 0 Å². The molecule has 2 N–H and O–H groups in total. The first-order valence-corrected chi connectivity index (χ1v) is 7.32. The van der Waals surface area contributed by atoms with Crippen LogP contribution in [0.3, 0.4) is 0 Å². The second kappa shape index (κ2) is 4.64. The van der Waals surface area contributed by atoms with E-state index in [1.165, 1.54) is 24.2 Å². The summed E-state index contributed by atoms with van der Waals surface area (Å²) in [6, 6.07) is 6.88. The van der Waals surface area contributed by atoms with E-state index in [0.717, 1.165) is 17.0 Å². The highest BCUT2D eigenvalue weighted by Gasteiger charge is 2.32. The number of nitrogens with two attached hydrogens (primary N) is 1. The SMILES string of the molecule is CC(c1nc2cc(CN)ccc2n1C(C)C)C1CC1. The average molecular weight is 257 g/mol. The lowest BCUT2D eigenvalue weighted by molar-refractivity contribution is 0.525. The van der Waals surface area contributed by atoms with Crippen LogP contribution in [0.25, 0.3) is 11.0 Å². The van der Waals surface area contributed by atoms with Gasteiger partial charge in [-0.25, -0.2) is 4.98 Å². The van der Waals surface area contributed by atoms with Crippen molar-refractivity contribution in [1.29, 1.82) is 0 Å².